The third-order valence-corrected chi connectivity index (χ3v) is 5.22. The third kappa shape index (κ3) is 5.29. The van der Waals surface area contributed by atoms with Crippen molar-refractivity contribution in [1.29, 1.82) is 0 Å². The van der Waals surface area contributed by atoms with Gasteiger partial charge in [0.25, 0.3) is 10.2 Å². The summed E-state index contributed by atoms with van der Waals surface area (Å²) in [6.07, 6.45) is 3.66. The van der Waals surface area contributed by atoms with E-state index in [9.17, 15) is 8.42 Å². The number of piperidine rings is 1. The van der Waals surface area contributed by atoms with E-state index < -0.39 is 10.2 Å². The Kier molecular flexibility index (Phi) is 6.14. The molecule has 2 N–H and O–H groups in total. The second-order valence-corrected chi connectivity index (χ2v) is 7.82. The molecule has 9 heteroatoms. The Labute approximate surface area is 138 Å². The van der Waals surface area contributed by atoms with E-state index in [0.29, 0.717) is 12.5 Å². The van der Waals surface area contributed by atoms with Gasteiger partial charge in [0.15, 0.2) is 0 Å². The zero-order chi connectivity index (χ0) is 16.9. The minimum Gasteiger partial charge on any atom is -0.356 e. The van der Waals surface area contributed by atoms with Crippen molar-refractivity contribution in [3.63, 3.8) is 0 Å². The van der Waals surface area contributed by atoms with Gasteiger partial charge in [-0.1, -0.05) is 0 Å². The van der Waals surface area contributed by atoms with Gasteiger partial charge in [0.2, 0.25) is 5.95 Å². The first-order valence-corrected chi connectivity index (χ1v) is 9.34. The molecule has 0 amide bonds. The van der Waals surface area contributed by atoms with Crippen molar-refractivity contribution >= 4 is 22.0 Å². The fraction of sp³-hybridized carbons (Fsp3) is 0.714. The van der Waals surface area contributed by atoms with E-state index in [-0.39, 0.29) is 6.54 Å². The summed E-state index contributed by atoms with van der Waals surface area (Å²) in [7, 11) is -0.411. The summed E-state index contributed by atoms with van der Waals surface area (Å²) in [5.41, 5.74) is 0.900. The highest BCUT2D eigenvalue weighted by molar-refractivity contribution is 7.87. The molecule has 0 saturated carbocycles. The highest BCUT2D eigenvalue weighted by Crippen LogP contribution is 2.19. The second kappa shape index (κ2) is 7.89. The predicted molar refractivity (Wildman–Crippen MR) is 91.9 cm³/mol. The molecule has 2 rings (SSSR count). The molecule has 0 aromatic carbocycles. The molecule has 0 aliphatic carbocycles. The van der Waals surface area contributed by atoms with Crippen molar-refractivity contribution in [3.05, 3.63) is 11.8 Å². The normalized spacial score (nSPS) is 15.9. The summed E-state index contributed by atoms with van der Waals surface area (Å²) in [5.74, 6) is 1.48. The first kappa shape index (κ1) is 17.9. The monoisotopic (exact) mass is 342 g/mol. The van der Waals surface area contributed by atoms with E-state index >= 15 is 0 Å². The zero-order valence-electron chi connectivity index (χ0n) is 14.0. The van der Waals surface area contributed by atoms with Crippen molar-refractivity contribution in [2.75, 3.05) is 50.5 Å². The number of nitrogens with zero attached hydrogens (tertiary/aromatic N) is 4. The topological polar surface area (TPSA) is 90.5 Å². The predicted octanol–water partition coefficient (Wildman–Crippen LogP) is 0.583. The van der Waals surface area contributed by atoms with Crippen LogP contribution in [0.4, 0.5) is 11.8 Å². The molecule has 1 saturated heterocycles. The summed E-state index contributed by atoms with van der Waals surface area (Å²) in [5, 5.41) is 3.08. The summed E-state index contributed by atoms with van der Waals surface area (Å²) >= 11 is 0. The van der Waals surface area contributed by atoms with Crippen LogP contribution in [0.2, 0.25) is 0 Å². The third-order valence-electron chi connectivity index (χ3n) is 3.69. The van der Waals surface area contributed by atoms with Crippen LogP contribution in [0.1, 0.15) is 25.0 Å². The molecular formula is C14H26N6O2S. The van der Waals surface area contributed by atoms with E-state index in [0.717, 1.165) is 28.9 Å². The summed E-state index contributed by atoms with van der Waals surface area (Å²) < 4.78 is 26.8. The van der Waals surface area contributed by atoms with Crippen LogP contribution >= 0.6 is 0 Å². The van der Waals surface area contributed by atoms with Gasteiger partial charge in [-0.25, -0.2) is 9.71 Å². The highest BCUT2D eigenvalue weighted by atomic mass is 32.2. The van der Waals surface area contributed by atoms with Gasteiger partial charge in [-0.2, -0.15) is 17.7 Å². The molecule has 8 nitrogen and oxygen atoms in total. The molecule has 0 spiro atoms. The maximum Gasteiger partial charge on any atom is 0.278 e. The van der Waals surface area contributed by atoms with Crippen LogP contribution in [0.5, 0.6) is 0 Å². The minimum atomic E-state index is -3.39. The van der Waals surface area contributed by atoms with Gasteiger partial charge in [-0.15, -0.1) is 0 Å². The molecule has 0 radical (unpaired) electrons. The molecule has 0 atom stereocenters. The van der Waals surface area contributed by atoms with Gasteiger partial charge >= 0.3 is 0 Å². The van der Waals surface area contributed by atoms with Crippen LogP contribution in [0.15, 0.2) is 6.07 Å². The Bertz CT molecular complexity index is 614. The van der Waals surface area contributed by atoms with E-state index in [1.54, 1.807) is 0 Å². The molecule has 130 valence electrons. The molecule has 1 aliphatic rings. The van der Waals surface area contributed by atoms with Gasteiger partial charge < -0.3 is 10.2 Å². The highest BCUT2D eigenvalue weighted by Gasteiger charge is 2.14. The van der Waals surface area contributed by atoms with E-state index in [2.05, 4.69) is 24.9 Å². The van der Waals surface area contributed by atoms with Crippen LogP contribution < -0.4 is 14.9 Å². The molecule has 0 bridgehead atoms. The molecule has 23 heavy (non-hydrogen) atoms. The number of aryl methyl sites for hydroxylation is 1. The van der Waals surface area contributed by atoms with Gasteiger partial charge in [0.1, 0.15) is 5.82 Å². The van der Waals surface area contributed by atoms with E-state index in [1.807, 2.05) is 13.0 Å². The lowest BCUT2D eigenvalue weighted by Gasteiger charge is -2.28. The molecule has 1 aromatic rings. The van der Waals surface area contributed by atoms with Crippen molar-refractivity contribution in [1.82, 2.24) is 19.0 Å². The Morgan fingerprint density at radius 2 is 1.87 bits per heavy atom. The Morgan fingerprint density at radius 1 is 1.17 bits per heavy atom. The first-order chi connectivity index (χ1) is 10.9. The maximum atomic E-state index is 11.6. The first-order valence-electron chi connectivity index (χ1n) is 7.90. The van der Waals surface area contributed by atoms with Gasteiger partial charge in [0.05, 0.1) is 0 Å². The summed E-state index contributed by atoms with van der Waals surface area (Å²) in [6.45, 7) is 4.69. The smallest absolute Gasteiger partial charge is 0.278 e. The average Bonchev–Trinajstić information content (AvgIpc) is 2.52. The Morgan fingerprint density at radius 3 is 2.52 bits per heavy atom. The quantitative estimate of drug-likeness (QED) is 0.705. The fourth-order valence-corrected chi connectivity index (χ4v) is 3.02. The minimum absolute atomic E-state index is 0.275. The second-order valence-electron chi connectivity index (χ2n) is 5.85. The van der Waals surface area contributed by atoms with Crippen LogP contribution in [0.3, 0.4) is 0 Å². The number of hydrogen-bond acceptors (Lipinski definition) is 6. The van der Waals surface area contributed by atoms with Gasteiger partial charge in [-0.05, 0) is 26.2 Å². The summed E-state index contributed by atoms with van der Waals surface area (Å²) in [4.78, 5) is 11.2. The van der Waals surface area contributed by atoms with Crippen LogP contribution in [0.25, 0.3) is 0 Å². The largest absolute Gasteiger partial charge is 0.356 e. The van der Waals surface area contributed by atoms with E-state index in [1.165, 1.54) is 33.4 Å². The maximum absolute atomic E-state index is 11.6. The zero-order valence-corrected chi connectivity index (χ0v) is 14.9. The Balaban J connectivity index is 1.91. The number of hydrogen-bond donors (Lipinski definition) is 2. The standard InChI is InChI=1S/C14H26N6O2S/c1-12-11-13(20-9-5-4-6-10-20)18-14(17-12)15-7-8-16-23(21,22)19(2)3/h11,16H,4-10H2,1-3H3,(H,15,17,18). The Hall–Kier alpha value is -1.45. The van der Waals surface area contributed by atoms with Crippen LogP contribution in [-0.2, 0) is 10.2 Å². The lowest BCUT2D eigenvalue weighted by atomic mass is 10.1. The lowest BCUT2D eigenvalue weighted by Crippen LogP contribution is -2.38. The molecular weight excluding hydrogens is 316 g/mol. The lowest BCUT2D eigenvalue weighted by molar-refractivity contribution is 0.507. The van der Waals surface area contributed by atoms with Crippen molar-refractivity contribution in [3.8, 4) is 0 Å². The molecule has 2 heterocycles. The number of nitrogens with one attached hydrogen (secondary N) is 2. The van der Waals surface area contributed by atoms with Crippen LogP contribution in [0, 0.1) is 6.92 Å². The van der Waals surface area contributed by atoms with Crippen molar-refractivity contribution < 1.29 is 8.42 Å². The number of rotatable bonds is 7. The van der Waals surface area contributed by atoms with Crippen molar-refractivity contribution in [2.24, 2.45) is 0 Å². The van der Waals surface area contributed by atoms with Crippen LogP contribution in [-0.4, -0.2) is 63.0 Å². The SMILES string of the molecule is Cc1cc(N2CCCCC2)nc(NCCNS(=O)(=O)N(C)C)n1. The van der Waals surface area contributed by atoms with Gasteiger partial charge in [0, 0.05) is 52.0 Å². The van der Waals surface area contributed by atoms with Gasteiger partial charge in [-0.3, -0.25) is 0 Å². The fourth-order valence-electron chi connectivity index (χ4n) is 2.40. The molecule has 0 unspecified atom stereocenters. The number of aromatic nitrogens is 2. The van der Waals surface area contributed by atoms with E-state index in [4.69, 9.17) is 0 Å². The summed E-state index contributed by atoms with van der Waals surface area (Å²) in [6, 6.07) is 1.99. The molecule has 1 aromatic heterocycles. The number of anilines is 2. The average molecular weight is 342 g/mol. The molecule has 1 fully saturated rings. The van der Waals surface area contributed by atoms with Crippen molar-refractivity contribution in [2.45, 2.75) is 26.2 Å². The molecule has 1 aliphatic heterocycles.